The summed E-state index contributed by atoms with van der Waals surface area (Å²) in [6.07, 6.45) is 10.6. The number of hydrogen-bond donors (Lipinski definition) is 0. The predicted molar refractivity (Wildman–Crippen MR) is 100 cm³/mol. The lowest BCUT2D eigenvalue weighted by atomic mass is 10.1. The van der Waals surface area contributed by atoms with Gasteiger partial charge in [-0.2, -0.15) is 0 Å². The number of benzene rings is 1. The van der Waals surface area contributed by atoms with E-state index in [1.807, 2.05) is 32.3 Å². The largest absolute Gasteiger partial charge is 0.349 e. The molecule has 2 aliphatic rings. The number of rotatable bonds is 2. The van der Waals surface area contributed by atoms with E-state index in [2.05, 4.69) is 43.7 Å². The van der Waals surface area contributed by atoms with Crippen LogP contribution in [0.1, 0.15) is 35.7 Å². The van der Waals surface area contributed by atoms with Crippen LogP contribution in [0.25, 0.3) is 5.65 Å². The van der Waals surface area contributed by atoms with Crippen molar-refractivity contribution < 1.29 is 4.39 Å². The van der Waals surface area contributed by atoms with Gasteiger partial charge in [-0.25, -0.2) is 9.37 Å². The Kier molecular flexibility index (Phi) is 3.32. The minimum Gasteiger partial charge on any atom is -0.349 e. The zero-order chi connectivity index (χ0) is 17.8. The molecule has 1 fully saturated rings. The van der Waals surface area contributed by atoms with Crippen molar-refractivity contribution in [3.63, 3.8) is 0 Å². The summed E-state index contributed by atoms with van der Waals surface area (Å²) in [6, 6.07) is 7.69. The monoisotopic (exact) mass is 348 g/mol. The van der Waals surface area contributed by atoms with Crippen molar-refractivity contribution in [3.8, 4) is 0 Å². The number of halogens is 1. The molecule has 0 radical (unpaired) electrons. The van der Waals surface area contributed by atoms with Gasteiger partial charge in [0.2, 0.25) is 0 Å². The Bertz CT molecular complexity index is 1040. The van der Waals surface area contributed by atoms with E-state index >= 15 is 0 Å². The molecule has 1 unspecified atom stereocenters. The second kappa shape index (κ2) is 5.59. The maximum atomic E-state index is 14.0. The van der Waals surface area contributed by atoms with Crippen LogP contribution >= 0.6 is 0 Å². The minimum absolute atomic E-state index is 0.0999. The lowest BCUT2D eigenvalue weighted by Gasteiger charge is -2.33. The smallest absolute Gasteiger partial charge is 0.136 e. The van der Waals surface area contributed by atoms with Crippen LogP contribution in [-0.2, 0) is 0 Å². The number of pyridine rings is 1. The van der Waals surface area contributed by atoms with Gasteiger partial charge in [-0.15, -0.1) is 0 Å². The molecule has 0 N–H and O–H groups in total. The van der Waals surface area contributed by atoms with Gasteiger partial charge in [-0.1, -0.05) is 0 Å². The fourth-order valence-corrected chi connectivity index (χ4v) is 4.20. The van der Waals surface area contributed by atoms with Gasteiger partial charge in [0.05, 0.1) is 0 Å². The highest BCUT2D eigenvalue weighted by molar-refractivity contribution is 5.62. The molecule has 1 saturated heterocycles. The van der Waals surface area contributed by atoms with Crippen LogP contribution in [0, 0.1) is 19.7 Å². The lowest BCUT2D eigenvalue weighted by molar-refractivity contribution is 0.318. The highest BCUT2D eigenvalue weighted by atomic mass is 19.1. The highest BCUT2D eigenvalue weighted by Gasteiger charge is 2.37. The van der Waals surface area contributed by atoms with E-state index in [4.69, 9.17) is 0 Å². The quantitative estimate of drug-likeness (QED) is 0.679. The van der Waals surface area contributed by atoms with Crippen molar-refractivity contribution in [2.24, 2.45) is 0 Å². The van der Waals surface area contributed by atoms with Crippen molar-refractivity contribution in [1.82, 2.24) is 14.3 Å². The highest BCUT2D eigenvalue weighted by Crippen LogP contribution is 2.44. The first-order chi connectivity index (χ1) is 12.6. The molecule has 26 heavy (non-hydrogen) atoms. The fourth-order valence-electron chi connectivity index (χ4n) is 4.20. The van der Waals surface area contributed by atoms with Gasteiger partial charge >= 0.3 is 0 Å². The first kappa shape index (κ1) is 15.4. The predicted octanol–water partition coefficient (Wildman–Crippen LogP) is 4.55. The number of fused-ring (bicyclic) bond motifs is 2. The van der Waals surface area contributed by atoms with Crippen molar-refractivity contribution in [2.75, 3.05) is 11.4 Å². The van der Waals surface area contributed by atoms with Crippen molar-refractivity contribution in [3.05, 3.63) is 77.3 Å². The first-order valence-corrected chi connectivity index (χ1v) is 9.07. The van der Waals surface area contributed by atoms with Crippen LogP contribution in [0.5, 0.6) is 0 Å². The van der Waals surface area contributed by atoms with Crippen LogP contribution in [-0.4, -0.2) is 20.8 Å². The lowest BCUT2D eigenvalue weighted by Crippen LogP contribution is -2.31. The second-order valence-electron chi connectivity index (χ2n) is 7.17. The Hall–Kier alpha value is -2.82. The zero-order valence-electron chi connectivity index (χ0n) is 15.0. The summed E-state index contributed by atoms with van der Waals surface area (Å²) in [7, 11) is 0. The molecule has 5 heteroatoms. The average molecular weight is 348 g/mol. The molecule has 2 aliphatic heterocycles. The Morgan fingerprint density at radius 2 is 2.00 bits per heavy atom. The van der Waals surface area contributed by atoms with Crippen molar-refractivity contribution in [2.45, 2.75) is 32.9 Å². The number of imidazole rings is 1. The van der Waals surface area contributed by atoms with Gasteiger partial charge in [0.1, 0.15) is 17.6 Å². The SMILES string of the molecule is Cc1c(F)ccc(N2C=C3CCCN3C2c2ccc3nccn3c2)c1C. The van der Waals surface area contributed by atoms with E-state index in [0.717, 1.165) is 35.4 Å². The van der Waals surface area contributed by atoms with Gasteiger partial charge < -0.3 is 14.2 Å². The maximum absolute atomic E-state index is 14.0. The normalized spacial score (nSPS) is 19.3. The van der Waals surface area contributed by atoms with Gasteiger partial charge in [0, 0.05) is 48.3 Å². The van der Waals surface area contributed by atoms with E-state index < -0.39 is 0 Å². The molecular weight excluding hydrogens is 327 g/mol. The number of nitrogens with zero attached hydrogens (tertiary/aromatic N) is 4. The van der Waals surface area contributed by atoms with E-state index in [1.165, 1.54) is 17.7 Å². The molecule has 4 nitrogen and oxygen atoms in total. The molecular formula is C21H21FN4. The topological polar surface area (TPSA) is 23.8 Å². The van der Waals surface area contributed by atoms with Gasteiger partial charge in [0.15, 0.2) is 0 Å². The number of allylic oxidation sites excluding steroid dienone is 1. The number of hydrogen-bond acceptors (Lipinski definition) is 3. The van der Waals surface area contributed by atoms with Gasteiger partial charge in [0.25, 0.3) is 0 Å². The number of anilines is 1. The molecule has 0 spiro atoms. The van der Waals surface area contributed by atoms with Crippen molar-refractivity contribution in [1.29, 1.82) is 0 Å². The summed E-state index contributed by atoms with van der Waals surface area (Å²) in [6.45, 7) is 4.91. The average Bonchev–Trinajstić information content (AvgIpc) is 3.34. The zero-order valence-corrected chi connectivity index (χ0v) is 15.0. The van der Waals surface area contributed by atoms with Crippen LogP contribution < -0.4 is 4.90 Å². The third-order valence-electron chi connectivity index (χ3n) is 5.73. The molecule has 1 atom stereocenters. The fraction of sp³-hybridized carbons (Fsp3) is 0.286. The maximum Gasteiger partial charge on any atom is 0.136 e. The Balaban J connectivity index is 1.65. The Morgan fingerprint density at radius 3 is 2.88 bits per heavy atom. The minimum atomic E-state index is -0.144. The summed E-state index contributed by atoms with van der Waals surface area (Å²) >= 11 is 0. The Labute approximate surface area is 152 Å². The Morgan fingerprint density at radius 1 is 1.12 bits per heavy atom. The van der Waals surface area contributed by atoms with Crippen molar-refractivity contribution >= 4 is 11.3 Å². The summed E-state index contributed by atoms with van der Waals surface area (Å²) in [5.41, 5.74) is 6.31. The molecule has 2 aromatic heterocycles. The van der Waals surface area contributed by atoms with Crippen LogP contribution in [0.3, 0.4) is 0 Å². The molecule has 4 heterocycles. The van der Waals surface area contributed by atoms with E-state index in [9.17, 15) is 4.39 Å². The van der Waals surface area contributed by atoms with Crippen LogP contribution in [0.15, 0.2) is 54.8 Å². The molecule has 0 aliphatic carbocycles. The summed E-state index contributed by atoms with van der Waals surface area (Å²) in [5.74, 6) is -0.144. The van der Waals surface area contributed by atoms with E-state index in [-0.39, 0.29) is 12.0 Å². The van der Waals surface area contributed by atoms with E-state index in [0.29, 0.717) is 0 Å². The molecule has 0 saturated carbocycles. The molecule has 3 aromatic rings. The molecule has 132 valence electrons. The third-order valence-corrected chi connectivity index (χ3v) is 5.73. The number of aromatic nitrogens is 2. The summed E-state index contributed by atoms with van der Waals surface area (Å²) in [4.78, 5) is 9.12. The van der Waals surface area contributed by atoms with Crippen LogP contribution in [0.4, 0.5) is 10.1 Å². The molecule has 0 amide bonds. The van der Waals surface area contributed by atoms with Gasteiger partial charge in [-0.05, 0) is 62.1 Å². The molecule has 0 bridgehead atoms. The summed E-state index contributed by atoms with van der Waals surface area (Å²) in [5, 5.41) is 0. The third kappa shape index (κ3) is 2.16. The molecule has 1 aromatic carbocycles. The van der Waals surface area contributed by atoms with Gasteiger partial charge in [-0.3, -0.25) is 0 Å². The molecule has 5 rings (SSSR count). The summed E-state index contributed by atoms with van der Waals surface area (Å²) < 4.78 is 16.0. The second-order valence-corrected chi connectivity index (χ2v) is 7.17. The van der Waals surface area contributed by atoms with E-state index in [1.54, 1.807) is 6.07 Å². The first-order valence-electron chi connectivity index (χ1n) is 9.07. The standard InChI is InChI=1S/C21H21FN4/c1-14-15(2)19(7-6-18(14)22)26-13-17-4-3-10-25(17)21(26)16-5-8-20-23-9-11-24(20)12-16/h5-9,11-13,21H,3-4,10H2,1-2H3. The van der Waals surface area contributed by atoms with Crippen LogP contribution in [0.2, 0.25) is 0 Å².